The summed E-state index contributed by atoms with van der Waals surface area (Å²) in [7, 11) is 7.27. The van der Waals surface area contributed by atoms with E-state index in [0.717, 1.165) is 89.4 Å². The molecule has 1 amide bonds. The van der Waals surface area contributed by atoms with Crippen LogP contribution in [0.25, 0.3) is 33.1 Å². The normalized spacial score (nSPS) is 16.0. The lowest BCUT2D eigenvalue weighted by atomic mass is 9.86. The van der Waals surface area contributed by atoms with E-state index in [0.29, 0.717) is 41.5 Å². The fourth-order valence-electron chi connectivity index (χ4n) is 6.92. The first-order chi connectivity index (χ1) is 23.8. The molecule has 2 aromatic heterocycles. The number of rotatable bonds is 12. The summed E-state index contributed by atoms with van der Waals surface area (Å²) in [5.74, 6) is 3.18. The molecule has 1 aliphatic rings. The number of unbranched alkanes of at least 4 members (excludes halogenated alkanes) is 1. The molecule has 1 aliphatic carbocycles. The maximum atomic E-state index is 14.0. The SMILES string of the molecule is CCCCc1cc(C)c2nc(-c3ccc(OC)c(OC)c3)cc(C(=O)NCC3CCC(Nc4nc(N(C)C)c5ccccc5n4)CC3)c2c1. The Kier molecular flexibility index (Phi) is 10.5. The van der Waals surface area contributed by atoms with Gasteiger partial charge in [0.2, 0.25) is 5.95 Å². The van der Waals surface area contributed by atoms with E-state index >= 15 is 0 Å². The maximum Gasteiger partial charge on any atom is 0.252 e. The van der Waals surface area contributed by atoms with Gasteiger partial charge in [0.15, 0.2) is 11.5 Å². The summed E-state index contributed by atoms with van der Waals surface area (Å²) >= 11 is 0. The second kappa shape index (κ2) is 15.1. The van der Waals surface area contributed by atoms with Crippen LogP contribution >= 0.6 is 0 Å². The molecule has 0 unspecified atom stereocenters. The van der Waals surface area contributed by atoms with E-state index in [1.807, 2.05) is 61.5 Å². The Morgan fingerprint density at radius 2 is 1.67 bits per heavy atom. The maximum absolute atomic E-state index is 14.0. The van der Waals surface area contributed by atoms with Crippen LogP contribution in [0, 0.1) is 12.8 Å². The van der Waals surface area contributed by atoms with Crippen molar-refractivity contribution in [1.82, 2.24) is 20.3 Å². The van der Waals surface area contributed by atoms with Crippen molar-refractivity contribution in [3.8, 4) is 22.8 Å². The minimum absolute atomic E-state index is 0.0674. The largest absolute Gasteiger partial charge is 0.493 e. The van der Waals surface area contributed by atoms with Crippen LogP contribution in [0.1, 0.15) is 66.9 Å². The van der Waals surface area contributed by atoms with E-state index in [4.69, 9.17) is 24.4 Å². The molecule has 2 heterocycles. The summed E-state index contributed by atoms with van der Waals surface area (Å²) in [5, 5.41) is 8.85. The Balaban J connectivity index is 1.18. The number of carbonyl (C=O) groups is 1. The number of amides is 1. The zero-order valence-corrected chi connectivity index (χ0v) is 29.6. The monoisotopic (exact) mass is 660 g/mol. The summed E-state index contributed by atoms with van der Waals surface area (Å²) < 4.78 is 11.0. The molecule has 0 bridgehead atoms. The summed E-state index contributed by atoms with van der Waals surface area (Å²) in [5.41, 5.74) is 6.32. The summed E-state index contributed by atoms with van der Waals surface area (Å²) in [6.45, 7) is 4.92. The Hall–Kier alpha value is -4.92. The summed E-state index contributed by atoms with van der Waals surface area (Å²) in [4.78, 5) is 30.8. The van der Waals surface area contributed by atoms with E-state index in [1.54, 1.807) is 14.2 Å². The number of benzene rings is 3. The van der Waals surface area contributed by atoms with Crippen molar-refractivity contribution in [1.29, 1.82) is 0 Å². The fourth-order valence-corrected chi connectivity index (χ4v) is 6.92. The molecule has 0 radical (unpaired) electrons. The number of methoxy groups -OCH3 is 2. The minimum Gasteiger partial charge on any atom is -0.493 e. The van der Waals surface area contributed by atoms with Crippen LogP contribution in [0.2, 0.25) is 0 Å². The highest BCUT2D eigenvalue weighted by Gasteiger charge is 2.24. The molecule has 9 nitrogen and oxygen atoms in total. The van der Waals surface area contributed by atoms with Gasteiger partial charge in [0.25, 0.3) is 5.91 Å². The number of fused-ring (bicyclic) bond motifs is 2. The number of pyridine rings is 1. The van der Waals surface area contributed by atoms with Crippen molar-refractivity contribution >= 4 is 39.5 Å². The molecule has 256 valence electrons. The molecule has 9 heteroatoms. The number of para-hydroxylation sites is 1. The van der Waals surface area contributed by atoms with Gasteiger partial charge in [0.1, 0.15) is 5.82 Å². The topological polar surface area (TPSA) is 102 Å². The average molecular weight is 661 g/mol. The van der Waals surface area contributed by atoms with Crippen LogP contribution in [0.4, 0.5) is 11.8 Å². The number of aromatic nitrogens is 3. The standard InChI is InChI=1S/C40H48N6O3/c1-7-8-11-27-20-25(2)37-31(21-27)32(23-34(43-37)28-16-19-35(48-5)36(22-28)49-6)39(47)41-24-26-14-17-29(18-15-26)42-40-44-33-13-10-9-12-30(33)38(45-40)46(3)4/h9-10,12-13,16,19-23,26,29H,7-8,11,14-15,17-18,24H2,1-6H3,(H,41,47)(H,42,44,45). The molecule has 2 N–H and O–H groups in total. The smallest absolute Gasteiger partial charge is 0.252 e. The molecule has 0 spiro atoms. The molecular formula is C40H48N6O3. The number of nitrogens with one attached hydrogen (secondary N) is 2. The lowest BCUT2D eigenvalue weighted by Crippen LogP contribution is -2.34. The number of anilines is 2. The molecule has 0 atom stereocenters. The molecular weight excluding hydrogens is 612 g/mol. The molecule has 5 aromatic rings. The first-order valence-corrected chi connectivity index (χ1v) is 17.4. The van der Waals surface area contributed by atoms with E-state index in [-0.39, 0.29) is 5.91 Å². The van der Waals surface area contributed by atoms with Gasteiger partial charge in [-0.05, 0) is 105 Å². The van der Waals surface area contributed by atoms with Gasteiger partial charge in [-0.15, -0.1) is 0 Å². The van der Waals surface area contributed by atoms with Gasteiger partial charge in [0, 0.05) is 43.0 Å². The first-order valence-electron chi connectivity index (χ1n) is 17.4. The highest BCUT2D eigenvalue weighted by atomic mass is 16.5. The first kappa shape index (κ1) is 34.0. The van der Waals surface area contributed by atoms with Crippen molar-refractivity contribution < 1.29 is 14.3 Å². The predicted molar refractivity (Wildman–Crippen MR) is 199 cm³/mol. The van der Waals surface area contributed by atoms with Gasteiger partial charge in [-0.25, -0.2) is 9.97 Å². The highest BCUT2D eigenvalue weighted by Crippen LogP contribution is 2.35. The molecule has 0 aliphatic heterocycles. The van der Waals surface area contributed by atoms with Crippen molar-refractivity contribution in [2.45, 2.75) is 64.8 Å². The fraction of sp³-hybridized carbons (Fsp3) is 0.400. The van der Waals surface area contributed by atoms with Gasteiger partial charge in [-0.2, -0.15) is 4.98 Å². The third kappa shape index (κ3) is 7.56. The highest BCUT2D eigenvalue weighted by molar-refractivity contribution is 6.08. The van der Waals surface area contributed by atoms with Crippen LogP contribution in [-0.4, -0.2) is 61.8 Å². The molecule has 6 rings (SSSR count). The van der Waals surface area contributed by atoms with Crippen LogP contribution in [-0.2, 0) is 6.42 Å². The summed E-state index contributed by atoms with van der Waals surface area (Å²) in [6.07, 6.45) is 7.21. The Labute approximate surface area is 289 Å². The predicted octanol–water partition coefficient (Wildman–Crippen LogP) is 7.98. The van der Waals surface area contributed by atoms with Gasteiger partial charge < -0.3 is 25.0 Å². The van der Waals surface area contributed by atoms with Crippen LogP contribution in [0.15, 0.2) is 60.7 Å². The van der Waals surface area contributed by atoms with Gasteiger partial charge in [-0.1, -0.05) is 31.5 Å². The quantitative estimate of drug-likeness (QED) is 0.139. The second-order valence-corrected chi connectivity index (χ2v) is 13.4. The van der Waals surface area contributed by atoms with Gasteiger partial charge >= 0.3 is 0 Å². The Morgan fingerprint density at radius 3 is 2.41 bits per heavy atom. The molecule has 49 heavy (non-hydrogen) atoms. The van der Waals surface area contributed by atoms with Crippen molar-refractivity contribution in [3.05, 3.63) is 77.4 Å². The molecule has 3 aromatic carbocycles. The molecule has 0 saturated heterocycles. The number of ether oxygens (including phenoxy) is 2. The number of aryl methyl sites for hydroxylation is 2. The van der Waals surface area contributed by atoms with Crippen LogP contribution in [0.5, 0.6) is 11.5 Å². The zero-order valence-electron chi connectivity index (χ0n) is 29.6. The average Bonchev–Trinajstić information content (AvgIpc) is 3.12. The molecule has 1 saturated carbocycles. The Bertz CT molecular complexity index is 1950. The van der Waals surface area contributed by atoms with E-state index in [9.17, 15) is 4.79 Å². The van der Waals surface area contributed by atoms with E-state index < -0.39 is 0 Å². The number of hydrogen-bond acceptors (Lipinski definition) is 8. The van der Waals surface area contributed by atoms with E-state index in [2.05, 4.69) is 42.7 Å². The van der Waals surface area contributed by atoms with Crippen LogP contribution in [0.3, 0.4) is 0 Å². The van der Waals surface area contributed by atoms with Gasteiger partial charge in [0.05, 0.1) is 36.5 Å². The zero-order chi connectivity index (χ0) is 34.5. The van der Waals surface area contributed by atoms with Crippen molar-refractivity contribution in [2.24, 2.45) is 5.92 Å². The number of carbonyl (C=O) groups excluding carboxylic acids is 1. The lowest BCUT2D eigenvalue weighted by Gasteiger charge is -2.29. The van der Waals surface area contributed by atoms with Crippen molar-refractivity contribution in [3.63, 3.8) is 0 Å². The third-order valence-corrected chi connectivity index (χ3v) is 9.64. The second-order valence-electron chi connectivity index (χ2n) is 13.4. The minimum atomic E-state index is -0.0674. The lowest BCUT2D eigenvalue weighted by molar-refractivity contribution is 0.0945. The summed E-state index contributed by atoms with van der Waals surface area (Å²) in [6, 6.07) is 20.5. The number of hydrogen-bond donors (Lipinski definition) is 2. The Morgan fingerprint density at radius 1 is 0.898 bits per heavy atom. The van der Waals surface area contributed by atoms with Crippen LogP contribution < -0.4 is 25.0 Å². The number of nitrogens with zero attached hydrogens (tertiary/aromatic N) is 4. The van der Waals surface area contributed by atoms with Crippen molar-refractivity contribution in [2.75, 3.05) is 45.1 Å². The molecule has 1 fully saturated rings. The van der Waals surface area contributed by atoms with Gasteiger partial charge in [-0.3, -0.25) is 4.79 Å². The van der Waals surface area contributed by atoms with E-state index in [1.165, 1.54) is 5.56 Å². The third-order valence-electron chi connectivity index (χ3n) is 9.64.